The van der Waals surface area contributed by atoms with Crippen LogP contribution in [0.2, 0.25) is 0 Å². The van der Waals surface area contributed by atoms with E-state index in [1.54, 1.807) is 48.5 Å². The topological polar surface area (TPSA) is 9.23 Å². The maximum atomic E-state index is 14.8. The Balaban J connectivity index is 1.40. The van der Waals surface area contributed by atoms with Crippen molar-refractivity contribution in [3.05, 3.63) is 113 Å². The summed E-state index contributed by atoms with van der Waals surface area (Å²) in [5, 5.41) is 0. The number of aryl methyl sites for hydroxylation is 3. The lowest BCUT2D eigenvalue weighted by Gasteiger charge is -2.11. The number of unbranched alkanes of at least 4 members (excludes halogenated alkanes) is 3. The molecule has 1 nitrogen and oxygen atoms in total. The van der Waals surface area contributed by atoms with Crippen LogP contribution < -0.4 is 4.74 Å². The smallest absolute Gasteiger partial charge is 0.201 e. The van der Waals surface area contributed by atoms with Crippen LogP contribution in [0.4, 0.5) is 17.6 Å². The molecule has 0 aliphatic rings. The zero-order chi connectivity index (χ0) is 27.1. The lowest BCUT2D eigenvalue weighted by atomic mass is 9.97. The van der Waals surface area contributed by atoms with Crippen molar-refractivity contribution < 1.29 is 22.3 Å². The molecule has 0 fully saturated rings. The molecule has 0 amide bonds. The predicted octanol–water partition coefficient (Wildman–Crippen LogP) is 9.63. The summed E-state index contributed by atoms with van der Waals surface area (Å²) in [4.78, 5) is 0. The van der Waals surface area contributed by atoms with E-state index in [1.807, 2.05) is 19.1 Å². The molecular formula is C33H32F4O. The van der Waals surface area contributed by atoms with Crippen LogP contribution in [-0.4, -0.2) is 6.61 Å². The molecule has 0 bridgehead atoms. The molecule has 198 valence electrons. The van der Waals surface area contributed by atoms with Gasteiger partial charge in [-0.3, -0.25) is 0 Å². The van der Waals surface area contributed by atoms with E-state index in [9.17, 15) is 17.6 Å². The van der Waals surface area contributed by atoms with E-state index in [2.05, 4.69) is 6.92 Å². The first-order chi connectivity index (χ1) is 18.4. The van der Waals surface area contributed by atoms with Crippen molar-refractivity contribution in [2.75, 3.05) is 6.61 Å². The van der Waals surface area contributed by atoms with Gasteiger partial charge in [-0.25, -0.2) is 13.2 Å². The van der Waals surface area contributed by atoms with Crippen LogP contribution in [0.1, 0.15) is 49.3 Å². The Morgan fingerprint density at radius 2 is 1.18 bits per heavy atom. The fourth-order valence-corrected chi connectivity index (χ4v) is 4.45. The van der Waals surface area contributed by atoms with Gasteiger partial charge in [0.1, 0.15) is 0 Å². The molecule has 0 aliphatic heterocycles. The molecule has 0 saturated heterocycles. The third kappa shape index (κ3) is 6.45. The number of benzene rings is 4. The van der Waals surface area contributed by atoms with Gasteiger partial charge in [0.2, 0.25) is 5.82 Å². The van der Waals surface area contributed by atoms with Gasteiger partial charge in [-0.15, -0.1) is 0 Å². The molecule has 0 N–H and O–H groups in total. The van der Waals surface area contributed by atoms with E-state index in [1.165, 1.54) is 12.1 Å². The second-order valence-electron chi connectivity index (χ2n) is 9.61. The van der Waals surface area contributed by atoms with E-state index in [0.717, 1.165) is 36.8 Å². The van der Waals surface area contributed by atoms with Gasteiger partial charge in [0.05, 0.1) is 6.61 Å². The number of hydrogen-bond donors (Lipinski definition) is 0. The lowest BCUT2D eigenvalue weighted by molar-refractivity contribution is 0.285. The monoisotopic (exact) mass is 520 g/mol. The molecule has 0 heterocycles. The summed E-state index contributed by atoms with van der Waals surface area (Å²) >= 11 is 0. The number of ether oxygens (including phenoxy) is 1. The van der Waals surface area contributed by atoms with Gasteiger partial charge in [-0.1, -0.05) is 92.4 Å². The maximum absolute atomic E-state index is 14.8. The molecule has 4 aromatic rings. The third-order valence-corrected chi connectivity index (χ3v) is 6.78. The normalized spacial score (nSPS) is 11.1. The summed E-state index contributed by atoms with van der Waals surface area (Å²) in [5.41, 5.74) is 3.75. The molecule has 0 radical (unpaired) electrons. The second-order valence-corrected chi connectivity index (χ2v) is 9.61. The van der Waals surface area contributed by atoms with Gasteiger partial charge in [-0.2, -0.15) is 4.39 Å². The molecule has 0 aromatic heterocycles. The van der Waals surface area contributed by atoms with Crippen LogP contribution in [0, 0.1) is 30.2 Å². The molecule has 0 spiro atoms. The minimum absolute atomic E-state index is 0.0815. The van der Waals surface area contributed by atoms with Crippen molar-refractivity contribution in [2.45, 2.75) is 52.4 Å². The highest BCUT2D eigenvalue weighted by Gasteiger charge is 2.17. The summed E-state index contributed by atoms with van der Waals surface area (Å²) in [6, 6.07) is 20.5. The molecule has 5 heteroatoms. The molecule has 0 aliphatic carbocycles. The molecular weight excluding hydrogens is 488 g/mol. The van der Waals surface area contributed by atoms with E-state index >= 15 is 0 Å². The first kappa shape index (κ1) is 27.4. The van der Waals surface area contributed by atoms with E-state index in [4.69, 9.17) is 4.74 Å². The minimum atomic E-state index is -0.992. The van der Waals surface area contributed by atoms with Crippen LogP contribution in [-0.2, 0) is 12.8 Å². The maximum Gasteiger partial charge on any atom is 0.201 e. The van der Waals surface area contributed by atoms with Crippen molar-refractivity contribution in [3.8, 4) is 28.0 Å². The quantitative estimate of drug-likeness (QED) is 0.141. The van der Waals surface area contributed by atoms with Gasteiger partial charge in [-0.05, 0) is 60.6 Å². The zero-order valence-corrected chi connectivity index (χ0v) is 21.8. The van der Waals surface area contributed by atoms with Crippen LogP contribution in [0.5, 0.6) is 5.75 Å². The summed E-state index contributed by atoms with van der Waals surface area (Å²) in [5.74, 6) is -3.72. The van der Waals surface area contributed by atoms with E-state index in [0.29, 0.717) is 36.1 Å². The summed E-state index contributed by atoms with van der Waals surface area (Å²) in [6.07, 6.45) is 4.75. The number of halogens is 4. The van der Waals surface area contributed by atoms with Gasteiger partial charge in [0.25, 0.3) is 0 Å². The van der Waals surface area contributed by atoms with E-state index < -0.39 is 23.3 Å². The third-order valence-electron chi connectivity index (χ3n) is 6.78. The van der Waals surface area contributed by atoms with Gasteiger partial charge in [0, 0.05) is 11.1 Å². The van der Waals surface area contributed by atoms with Crippen molar-refractivity contribution >= 4 is 0 Å². The second kappa shape index (κ2) is 12.8. The molecule has 0 atom stereocenters. The van der Waals surface area contributed by atoms with Crippen LogP contribution in [0.3, 0.4) is 0 Å². The first-order valence-electron chi connectivity index (χ1n) is 13.1. The SMILES string of the molecule is CCCCCCOc1ccc(-c2ccc(CCc3ccc(-c4ccc(C)cc4)c(F)c3F)cc2)c(F)c1F. The largest absolute Gasteiger partial charge is 0.490 e. The highest BCUT2D eigenvalue weighted by Crippen LogP contribution is 2.31. The molecule has 38 heavy (non-hydrogen) atoms. The van der Waals surface area contributed by atoms with Crippen molar-refractivity contribution in [1.29, 1.82) is 0 Å². The number of rotatable bonds is 11. The fourth-order valence-electron chi connectivity index (χ4n) is 4.45. The minimum Gasteiger partial charge on any atom is -0.490 e. The Labute approximate surface area is 222 Å². The Morgan fingerprint density at radius 3 is 1.84 bits per heavy atom. The summed E-state index contributed by atoms with van der Waals surface area (Å²) in [6.45, 7) is 4.39. The van der Waals surface area contributed by atoms with Gasteiger partial charge < -0.3 is 4.74 Å². The average Bonchev–Trinajstić information content (AvgIpc) is 2.93. The Hall–Kier alpha value is -3.60. The van der Waals surface area contributed by atoms with Crippen LogP contribution >= 0.6 is 0 Å². The molecule has 4 aromatic carbocycles. The van der Waals surface area contributed by atoms with Gasteiger partial charge in [0.15, 0.2) is 23.2 Å². The highest BCUT2D eigenvalue weighted by molar-refractivity contribution is 5.66. The zero-order valence-electron chi connectivity index (χ0n) is 21.8. The van der Waals surface area contributed by atoms with E-state index in [-0.39, 0.29) is 16.9 Å². The molecule has 0 saturated carbocycles. The molecule has 4 rings (SSSR count). The van der Waals surface area contributed by atoms with Crippen molar-refractivity contribution in [3.63, 3.8) is 0 Å². The first-order valence-corrected chi connectivity index (χ1v) is 13.1. The number of hydrogen-bond acceptors (Lipinski definition) is 1. The van der Waals surface area contributed by atoms with Gasteiger partial charge >= 0.3 is 0 Å². The lowest BCUT2D eigenvalue weighted by Crippen LogP contribution is -2.02. The summed E-state index contributed by atoms with van der Waals surface area (Å²) < 4.78 is 64.4. The van der Waals surface area contributed by atoms with Crippen LogP contribution in [0.15, 0.2) is 72.8 Å². The standard InChI is InChI=1S/C33H32F4O/c1-3-4-5-6-21-38-29-20-19-28(32(36)33(29)37)25-14-9-23(10-15-25)11-16-26-17-18-27(31(35)30(26)34)24-12-7-22(2)8-13-24/h7-10,12-15,17-20H,3-6,11,16,21H2,1-2H3. The highest BCUT2D eigenvalue weighted by atomic mass is 19.2. The average molecular weight is 521 g/mol. The molecule has 0 unspecified atom stereocenters. The fraction of sp³-hybridized carbons (Fsp3) is 0.273. The Kier molecular flexibility index (Phi) is 9.22. The Morgan fingerprint density at radius 1 is 0.579 bits per heavy atom. The Bertz CT molecular complexity index is 1360. The van der Waals surface area contributed by atoms with Crippen molar-refractivity contribution in [2.24, 2.45) is 0 Å². The summed E-state index contributed by atoms with van der Waals surface area (Å²) in [7, 11) is 0. The van der Waals surface area contributed by atoms with Crippen LogP contribution in [0.25, 0.3) is 22.3 Å². The predicted molar refractivity (Wildman–Crippen MR) is 145 cm³/mol. The van der Waals surface area contributed by atoms with Crippen molar-refractivity contribution in [1.82, 2.24) is 0 Å².